The van der Waals surface area contributed by atoms with Gasteiger partial charge in [-0.2, -0.15) is 0 Å². The molecule has 5 nitrogen and oxygen atoms in total. The lowest BCUT2D eigenvalue weighted by Crippen LogP contribution is -2.34. The minimum atomic E-state index is -0.340. The normalized spacial score (nSPS) is 17.5. The molecule has 1 atom stereocenters. The second-order valence-electron chi connectivity index (χ2n) is 5.34. The van der Waals surface area contributed by atoms with Crippen LogP contribution >= 0.6 is 0 Å². The average Bonchev–Trinajstić information content (AvgIpc) is 3.04. The third-order valence-corrected chi connectivity index (χ3v) is 4.06. The van der Waals surface area contributed by atoms with Crippen LogP contribution in [0.3, 0.4) is 0 Å². The molecule has 1 N–H and O–H groups in total. The van der Waals surface area contributed by atoms with Crippen LogP contribution in [0.25, 0.3) is 0 Å². The Kier molecular flexibility index (Phi) is 3.96. The standard InChI is InChI=1S/C17H18N2O3/c1-22-13-8-6-12(7-9-13)15-5-3-11-19(15)17(21)14-4-2-10-18-16(14)20/h2,4,6-10,15H,3,5,11H2,1H3,(H,18,20)/t15-/m1/s1. The highest BCUT2D eigenvalue weighted by molar-refractivity contribution is 5.94. The van der Waals surface area contributed by atoms with E-state index in [0.29, 0.717) is 6.54 Å². The number of carbonyl (C=O) groups is 1. The van der Waals surface area contributed by atoms with Gasteiger partial charge in [0.15, 0.2) is 0 Å². The number of rotatable bonds is 3. The average molecular weight is 298 g/mol. The third kappa shape index (κ3) is 2.62. The maximum absolute atomic E-state index is 12.7. The second kappa shape index (κ2) is 6.05. The van der Waals surface area contributed by atoms with Gasteiger partial charge in [-0.25, -0.2) is 0 Å². The molecule has 2 heterocycles. The van der Waals surface area contributed by atoms with Crippen LogP contribution in [0.2, 0.25) is 0 Å². The summed E-state index contributed by atoms with van der Waals surface area (Å²) in [4.78, 5) is 28.8. The lowest BCUT2D eigenvalue weighted by atomic mass is 10.0. The fraction of sp³-hybridized carbons (Fsp3) is 0.294. The molecule has 1 aliphatic rings. The van der Waals surface area contributed by atoms with Gasteiger partial charge in [-0.05, 0) is 42.7 Å². The Labute approximate surface area is 128 Å². The molecule has 1 aromatic carbocycles. The third-order valence-electron chi connectivity index (χ3n) is 4.06. The monoisotopic (exact) mass is 298 g/mol. The van der Waals surface area contributed by atoms with Gasteiger partial charge in [-0.15, -0.1) is 0 Å². The minimum absolute atomic E-state index is 0.0120. The number of carbonyl (C=O) groups excluding carboxylic acids is 1. The number of aromatic amines is 1. The Morgan fingerprint density at radius 2 is 2.05 bits per heavy atom. The number of nitrogens with one attached hydrogen (secondary N) is 1. The van der Waals surface area contributed by atoms with Crippen molar-refractivity contribution in [2.24, 2.45) is 0 Å². The number of methoxy groups -OCH3 is 1. The summed E-state index contributed by atoms with van der Waals surface area (Å²) in [5, 5.41) is 0. The topological polar surface area (TPSA) is 62.4 Å². The first-order valence-electron chi connectivity index (χ1n) is 7.33. The lowest BCUT2D eigenvalue weighted by Gasteiger charge is -2.25. The predicted molar refractivity (Wildman–Crippen MR) is 83.1 cm³/mol. The quantitative estimate of drug-likeness (QED) is 0.946. The molecule has 1 aromatic heterocycles. The highest BCUT2D eigenvalue weighted by atomic mass is 16.5. The zero-order valence-corrected chi connectivity index (χ0v) is 12.4. The van der Waals surface area contributed by atoms with E-state index in [0.717, 1.165) is 24.2 Å². The van der Waals surface area contributed by atoms with Crippen molar-refractivity contribution in [3.63, 3.8) is 0 Å². The maximum atomic E-state index is 12.7. The van der Waals surface area contributed by atoms with Gasteiger partial charge in [-0.1, -0.05) is 12.1 Å². The zero-order chi connectivity index (χ0) is 15.5. The van der Waals surface area contributed by atoms with Gasteiger partial charge >= 0.3 is 0 Å². The highest BCUT2D eigenvalue weighted by Crippen LogP contribution is 2.33. The van der Waals surface area contributed by atoms with Crippen molar-refractivity contribution >= 4 is 5.91 Å². The number of hydrogen-bond acceptors (Lipinski definition) is 3. The fourth-order valence-electron chi connectivity index (χ4n) is 2.93. The van der Waals surface area contributed by atoms with Gasteiger partial charge in [0.25, 0.3) is 11.5 Å². The first-order chi connectivity index (χ1) is 10.7. The van der Waals surface area contributed by atoms with Crippen molar-refractivity contribution < 1.29 is 9.53 Å². The number of ether oxygens (including phenoxy) is 1. The van der Waals surface area contributed by atoms with Crippen LogP contribution in [0.4, 0.5) is 0 Å². The Bertz CT molecular complexity index is 721. The van der Waals surface area contributed by atoms with Crippen LogP contribution in [-0.4, -0.2) is 29.4 Å². The van der Waals surface area contributed by atoms with E-state index < -0.39 is 0 Å². The van der Waals surface area contributed by atoms with Gasteiger partial charge in [0.2, 0.25) is 0 Å². The summed E-state index contributed by atoms with van der Waals surface area (Å²) in [5.41, 5.74) is 0.926. The number of likely N-dealkylation sites (tertiary alicyclic amines) is 1. The van der Waals surface area contributed by atoms with E-state index in [1.807, 2.05) is 24.3 Å². The Morgan fingerprint density at radius 1 is 1.27 bits per heavy atom. The summed E-state index contributed by atoms with van der Waals surface area (Å²) in [6.45, 7) is 0.670. The molecule has 1 saturated heterocycles. The van der Waals surface area contributed by atoms with Crippen molar-refractivity contribution in [3.05, 3.63) is 64.1 Å². The Morgan fingerprint density at radius 3 is 2.73 bits per heavy atom. The minimum Gasteiger partial charge on any atom is -0.497 e. The number of H-pyrrole nitrogens is 1. The van der Waals surface area contributed by atoms with E-state index in [1.54, 1.807) is 24.1 Å². The molecule has 0 radical (unpaired) electrons. The SMILES string of the molecule is COc1ccc([C@H]2CCCN2C(=O)c2ccc[nH]c2=O)cc1. The molecule has 1 aliphatic heterocycles. The highest BCUT2D eigenvalue weighted by Gasteiger charge is 2.31. The molecular formula is C17H18N2O3. The summed E-state index contributed by atoms with van der Waals surface area (Å²) in [6.07, 6.45) is 3.38. The van der Waals surface area contributed by atoms with E-state index in [-0.39, 0.29) is 23.1 Å². The molecule has 22 heavy (non-hydrogen) atoms. The van der Waals surface area contributed by atoms with Crippen LogP contribution in [0, 0.1) is 0 Å². The predicted octanol–water partition coefficient (Wildman–Crippen LogP) is 2.36. The van der Waals surface area contributed by atoms with Crippen LogP contribution in [-0.2, 0) is 0 Å². The van der Waals surface area contributed by atoms with E-state index in [2.05, 4.69) is 4.98 Å². The van der Waals surface area contributed by atoms with Crippen LogP contribution < -0.4 is 10.3 Å². The van der Waals surface area contributed by atoms with Gasteiger partial charge in [0.1, 0.15) is 11.3 Å². The first-order valence-corrected chi connectivity index (χ1v) is 7.33. The smallest absolute Gasteiger partial charge is 0.260 e. The van der Waals surface area contributed by atoms with Gasteiger partial charge in [-0.3, -0.25) is 9.59 Å². The van der Waals surface area contributed by atoms with Crippen LogP contribution in [0.1, 0.15) is 34.8 Å². The van der Waals surface area contributed by atoms with Gasteiger partial charge in [0, 0.05) is 12.7 Å². The van der Waals surface area contributed by atoms with E-state index in [4.69, 9.17) is 4.74 Å². The molecule has 1 fully saturated rings. The molecule has 5 heteroatoms. The second-order valence-corrected chi connectivity index (χ2v) is 5.34. The number of hydrogen-bond donors (Lipinski definition) is 1. The molecule has 1 amide bonds. The van der Waals surface area contributed by atoms with Crippen molar-refractivity contribution in [1.82, 2.24) is 9.88 Å². The maximum Gasteiger partial charge on any atom is 0.260 e. The van der Waals surface area contributed by atoms with E-state index in [9.17, 15) is 9.59 Å². The number of aromatic nitrogens is 1. The number of benzene rings is 1. The first kappa shape index (κ1) is 14.4. The van der Waals surface area contributed by atoms with Crippen molar-refractivity contribution in [3.8, 4) is 5.75 Å². The van der Waals surface area contributed by atoms with E-state index >= 15 is 0 Å². The molecule has 114 valence electrons. The largest absolute Gasteiger partial charge is 0.497 e. The van der Waals surface area contributed by atoms with Gasteiger partial charge in [0.05, 0.1) is 13.2 Å². The fourth-order valence-corrected chi connectivity index (χ4v) is 2.93. The van der Waals surface area contributed by atoms with Crippen molar-refractivity contribution in [1.29, 1.82) is 0 Å². The van der Waals surface area contributed by atoms with Crippen LogP contribution in [0.15, 0.2) is 47.4 Å². The summed E-state index contributed by atoms with van der Waals surface area (Å²) in [5.74, 6) is 0.583. The zero-order valence-electron chi connectivity index (χ0n) is 12.4. The molecular weight excluding hydrogens is 280 g/mol. The molecule has 0 unspecified atom stereocenters. The van der Waals surface area contributed by atoms with Gasteiger partial charge < -0.3 is 14.6 Å². The molecule has 3 rings (SSSR count). The summed E-state index contributed by atoms with van der Waals surface area (Å²) in [7, 11) is 1.63. The molecule has 0 bridgehead atoms. The Balaban J connectivity index is 1.88. The number of pyridine rings is 1. The number of amides is 1. The molecule has 0 aliphatic carbocycles. The summed E-state index contributed by atoms with van der Waals surface area (Å²) in [6, 6.07) is 11.0. The summed E-state index contributed by atoms with van der Waals surface area (Å²) < 4.78 is 5.17. The molecule has 0 saturated carbocycles. The summed E-state index contributed by atoms with van der Waals surface area (Å²) >= 11 is 0. The Hall–Kier alpha value is -2.56. The molecule has 2 aromatic rings. The van der Waals surface area contributed by atoms with Crippen molar-refractivity contribution in [2.45, 2.75) is 18.9 Å². The van der Waals surface area contributed by atoms with Crippen LogP contribution in [0.5, 0.6) is 5.75 Å². The lowest BCUT2D eigenvalue weighted by molar-refractivity contribution is 0.0734. The van der Waals surface area contributed by atoms with E-state index in [1.165, 1.54) is 6.20 Å². The van der Waals surface area contributed by atoms with Crippen molar-refractivity contribution in [2.75, 3.05) is 13.7 Å². The number of nitrogens with zero attached hydrogens (tertiary/aromatic N) is 1. The molecule has 0 spiro atoms.